The lowest BCUT2D eigenvalue weighted by Crippen LogP contribution is -1.96. The molecule has 0 saturated heterocycles. The van der Waals surface area contributed by atoms with Gasteiger partial charge in [-0.3, -0.25) is 20.2 Å². The van der Waals surface area contributed by atoms with E-state index in [0.717, 1.165) is 11.8 Å². The van der Waals surface area contributed by atoms with Gasteiger partial charge in [-0.05, 0) is 12.0 Å². The van der Waals surface area contributed by atoms with Gasteiger partial charge in [-0.15, -0.1) is 11.8 Å². The van der Waals surface area contributed by atoms with E-state index in [1.165, 1.54) is 23.9 Å². The van der Waals surface area contributed by atoms with Crippen LogP contribution in [0.5, 0.6) is 0 Å². The van der Waals surface area contributed by atoms with Crippen LogP contribution in [0.2, 0.25) is 0 Å². The maximum atomic E-state index is 10.8. The highest BCUT2D eigenvalue weighted by Gasteiger charge is 2.19. The lowest BCUT2D eigenvalue weighted by Gasteiger charge is -2.05. The summed E-state index contributed by atoms with van der Waals surface area (Å²) >= 11 is 1.34. The van der Waals surface area contributed by atoms with E-state index in [1.54, 1.807) is 0 Å². The van der Waals surface area contributed by atoms with Crippen LogP contribution >= 0.6 is 11.8 Å². The largest absolute Gasteiger partial charge is 0.289 e. The number of hydrogen-bond donors (Lipinski definition) is 0. The van der Waals surface area contributed by atoms with Gasteiger partial charge < -0.3 is 0 Å². The monoisotopic (exact) mass is 256 g/mol. The summed E-state index contributed by atoms with van der Waals surface area (Å²) < 4.78 is 0. The van der Waals surface area contributed by atoms with E-state index in [0.29, 0.717) is 10.8 Å². The summed E-state index contributed by atoms with van der Waals surface area (Å²) in [6.45, 7) is 4.01. The number of benzene rings is 1. The quantitative estimate of drug-likeness (QED) is 0.458. The standard InChI is InChI=1S/C10H12N2O4S/c1-7(2)6-17-10-4-3-8(11(13)14)5-9(10)12(15)16/h3-5,7H,6H2,1-2H3. The van der Waals surface area contributed by atoms with Crippen molar-refractivity contribution < 1.29 is 9.85 Å². The van der Waals surface area contributed by atoms with E-state index in [4.69, 9.17) is 0 Å². The Morgan fingerprint density at radius 3 is 2.35 bits per heavy atom. The zero-order chi connectivity index (χ0) is 13.0. The summed E-state index contributed by atoms with van der Waals surface area (Å²) in [5.74, 6) is 1.13. The van der Waals surface area contributed by atoms with Crippen LogP contribution in [0.1, 0.15) is 13.8 Å². The molecule has 0 bridgehead atoms. The van der Waals surface area contributed by atoms with Crippen molar-refractivity contribution in [2.45, 2.75) is 18.7 Å². The van der Waals surface area contributed by atoms with Crippen LogP contribution in [-0.2, 0) is 0 Å². The Balaban J connectivity index is 3.04. The fourth-order valence-electron chi connectivity index (χ4n) is 1.14. The van der Waals surface area contributed by atoms with Crippen LogP contribution in [-0.4, -0.2) is 15.6 Å². The van der Waals surface area contributed by atoms with E-state index < -0.39 is 9.85 Å². The molecule has 1 rings (SSSR count). The van der Waals surface area contributed by atoms with Crippen molar-refractivity contribution >= 4 is 23.1 Å². The fourth-order valence-corrected chi connectivity index (χ4v) is 2.10. The topological polar surface area (TPSA) is 86.3 Å². The number of non-ortho nitro benzene ring substituents is 1. The molecule has 0 unspecified atom stereocenters. The van der Waals surface area contributed by atoms with E-state index in [-0.39, 0.29) is 11.4 Å². The second-order valence-corrected chi connectivity index (χ2v) is 4.93. The molecule has 0 heterocycles. The molecule has 92 valence electrons. The first-order valence-corrected chi connectivity index (χ1v) is 5.96. The Kier molecular flexibility index (Phi) is 4.45. The Bertz CT molecular complexity index is 448. The average Bonchev–Trinajstić information content (AvgIpc) is 2.25. The number of thioether (sulfide) groups is 1. The van der Waals surface area contributed by atoms with Crippen molar-refractivity contribution in [3.05, 3.63) is 38.4 Å². The Morgan fingerprint density at radius 2 is 1.88 bits per heavy atom. The first-order chi connectivity index (χ1) is 7.91. The molecule has 0 aliphatic rings. The maximum absolute atomic E-state index is 10.8. The van der Waals surface area contributed by atoms with Crippen molar-refractivity contribution in [1.29, 1.82) is 0 Å². The summed E-state index contributed by atoms with van der Waals surface area (Å²) in [4.78, 5) is 20.6. The smallest absolute Gasteiger partial charge is 0.258 e. The van der Waals surface area contributed by atoms with Gasteiger partial charge in [-0.2, -0.15) is 0 Å². The normalized spacial score (nSPS) is 10.5. The van der Waals surface area contributed by atoms with Crippen LogP contribution in [0, 0.1) is 26.1 Å². The van der Waals surface area contributed by atoms with Crippen LogP contribution in [0.3, 0.4) is 0 Å². The van der Waals surface area contributed by atoms with E-state index >= 15 is 0 Å². The molecule has 0 spiro atoms. The van der Waals surface area contributed by atoms with Gasteiger partial charge in [0.15, 0.2) is 0 Å². The third-order valence-corrected chi connectivity index (χ3v) is 3.41. The lowest BCUT2D eigenvalue weighted by atomic mass is 10.3. The molecule has 7 heteroatoms. The van der Waals surface area contributed by atoms with Gasteiger partial charge in [0.05, 0.1) is 20.8 Å². The second kappa shape index (κ2) is 5.62. The van der Waals surface area contributed by atoms with Crippen LogP contribution in [0.25, 0.3) is 0 Å². The summed E-state index contributed by atoms with van der Waals surface area (Å²) in [5, 5.41) is 21.3. The van der Waals surface area contributed by atoms with Gasteiger partial charge in [-0.1, -0.05) is 13.8 Å². The first-order valence-electron chi connectivity index (χ1n) is 4.97. The predicted molar refractivity (Wildman–Crippen MR) is 65.3 cm³/mol. The molecule has 0 aromatic heterocycles. The fraction of sp³-hybridized carbons (Fsp3) is 0.400. The molecule has 1 aromatic carbocycles. The van der Waals surface area contributed by atoms with Gasteiger partial charge in [0.25, 0.3) is 11.4 Å². The zero-order valence-corrected chi connectivity index (χ0v) is 10.3. The number of nitrogens with zero attached hydrogens (tertiary/aromatic N) is 2. The van der Waals surface area contributed by atoms with Crippen LogP contribution in [0.4, 0.5) is 11.4 Å². The van der Waals surface area contributed by atoms with Crippen molar-refractivity contribution in [2.75, 3.05) is 5.75 Å². The minimum atomic E-state index is -0.635. The summed E-state index contributed by atoms with van der Waals surface area (Å²) in [6, 6.07) is 3.72. The van der Waals surface area contributed by atoms with Crippen molar-refractivity contribution in [2.24, 2.45) is 5.92 Å². The summed E-state index contributed by atoms with van der Waals surface area (Å²) in [5.41, 5.74) is -0.463. The highest BCUT2D eigenvalue weighted by molar-refractivity contribution is 7.99. The number of nitro benzene ring substituents is 2. The van der Waals surface area contributed by atoms with Gasteiger partial charge >= 0.3 is 0 Å². The summed E-state index contributed by atoms with van der Waals surface area (Å²) in [7, 11) is 0. The van der Waals surface area contributed by atoms with Crippen LogP contribution in [0.15, 0.2) is 23.1 Å². The molecule has 0 amide bonds. The molecule has 0 N–H and O–H groups in total. The van der Waals surface area contributed by atoms with Crippen molar-refractivity contribution in [3.63, 3.8) is 0 Å². The molecule has 0 atom stereocenters. The Labute approximate surface area is 102 Å². The third kappa shape index (κ3) is 3.70. The second-order valence-electron chi connectivity index (χ2n) is 3.87. The van der Waals surface area contributed by atoms with Crippen molar-refractivity contribution in [3.8, 4) is 0 Å². The van der Waals surface area contributed by atoms with E-state index in [2.05, 4.69) is 0 Å². The number of nitro groups is 2. The zero-order valence-electron chi connectivity index (χ0n) is 9.45. The molecule has 0 saturated carbocycles. The number of hydrogen-bond acceptors (Lipinski definition) is 5. The molecule has 6 nitrogen and oxygen atoms in total. The van der Waals surface area contributed by atoms with Gasteiger partial charge in [0, 0.05) is 11.8 Å². The first kappa shape index (κ1) is 13.4. The Hall–Kier alpha value is -1.63. The molecular weight excluding hydrogens is 244 g/mol. The Morgan fingerprint density at radius 1 is 1.24 bits per heavy atom. The van der Waals surface area contributed by atoms with Crippen molar-refractivity contribution in [1.82, 2.24) is 0 Å². The molecule has 0 aliphatic carbocycles. The molecular formula is C10H12N2O4S. The van der Waals surface area contributed by atoms with Gasteiger partial charge in [0.2, 0.25) is 0 Å². The molecule has 0 fully saturated rings. The highest BCUT2D eigenvalue weighted by Crippen LogP contribution is 2.33. The molecule has 17 heavy (non-hydrogen) atoms. The van der Waals surface area contributed by atoms with E-state index in [9.17, 15) is 20.2 Å². The molecule has 0 aliphatic heterocycles. The minimum absolute atomic E-state index is 0.204. The van der Waals surface area contributed by atoms with Gasteiger partial charge in [0.1, 0.15) is 0 Å². The SMILES string of the molecule is CC(C)CSc1ccc([N+](=O)[O-])cc1[N+](=O)[O-]. The number of rotatable bonds is 5. The summed E-state index contributed by atoms with van der Waals surface area (Å²) in [6.07, 6.45) is 0. The lowest BCUT2D eigenvalue weighted by molar-refractivity contribution is -0.396. The average molecular weight is 256 g/mol. The predicted octanol–water partition coefficient (Wildman–Crippen LogP) is 3.25. The molecule has 1 aromatic rings. The minimum Gasteiger partial charge on any atom is -0.258 e. The maximum Gasteiger partial charge on any atom is 0.289 e. The van der Waals surface area contributed by atoms with E-state index in [1.807, 2.05) is 13.8 Å². The highest BCUT2D eigenvalue weighted by atomic mass is 32.2. The third-order valence-electron chi connectivity index (χ3n) is 1.92. The molecule has 0 radical (unpaired) electrons. The van der Waals surface area contributed by atoms with Crippen LogP contribution < -0.4 is 0 Å². The van der Waals surface area contributed by atoms with Gasteiger partial charge in [-0.25, -0.2) is 0 Å².